The van der Waals surface area contributed by atoms with Gasteiger partial charge in [0.05, 0.1) is 0 Å². The van der Waals surface area contributed by atoms with Crippen molar-refractivity contribution in [1.29, 1.82) is 0 Å². The molecule has 1 rings (SSSR count). The fraction of sp³-hybridized carbons (Fsp3) is 0.500. The maximum absolute atomic E-state index is 5.79. The average molecular weight is 404 g/mol. The molecule has 1 aliphatic carbocycles. The maximum Gasteiger partial charge on any atom is 0.138 e. The summed E-state index contributed by atoms with van der Waals surface area (Å²) in [7, 11) is 0. The summed E-state index contributed by atoms with van der Waals surface area (Å²) in [6.07, 6.45) is 4.46. The molecule has 0 atom stereocenters. The molecule has 0 aliphatic heterocycles. The van der Waals surface area contributed by atoms with E-state index in [1.165, 1.54) is 20.6 Å². The Labute approximate surface area is 99.5 Å². The van der Waals surface area contributed by atoms with E-state index in [1.54, 1.807) is 0 Å². The number of allylic oxidation sites excluding steroid dienone is 4. The number of hydrogen-bond donors (Lipinski definition) is 0. The van der Waals surface area contributed by atoms with E-state index in [1.807, 2.05) is 0 Å². The summed E-state index contributed by atoms with van der Waals surface area (Å²) >= 11 is 2.53. The molecule has 0 aromatic carbocycles. The third kappa shape index (κ3) is 3.69. The maximum atomic E-state index is 5.79. The van der Waals surface area contributed by atoms with E-state index in [0.717, 1.165) is 12.8 Å². The molecule has 0 fully saturated rings. The van der Waals surface area contributed by atoms with Crippen LogP contribution in [0.2, 0.25) is 0 Å². The first-order valence-corrected chi connectivity index (χ1v) is 11.6. The van der Waals surface area contributed by atoms with Crippen LogP contribution in [0.1, 0.15) is 33.6 Å². The highest BCUT2D eigenvalue weighted by molar-refractivity contribution is 15.0. The lowest BCUT2D eigenvalue weighted by molar-refractivity contribution is 0.393. The summed E-state index contributed by atoms with van der Waals surface area (Å²) in [5, 5.41) is 0. The molecule has 0 heterocycles. The number of ether oxygens (including phenoxy) is 1. The zero-order valence-corrected chi connectivity index (χ0v) is 12.5. The Morgan fingerprint density at radius 3 is 2.69 bits per heavy atom. The fourth-order valence-corrected chi connectivity index (χ4v) is 2.25. The van der Waals surface area contributed by atoms with Crippen LogP contribution in [0, 0.1) is 0 Å². The SMILES string of the molecule is CC1=CC(C)=C(OC(C)=II)CC1. The van der Waals surface area contributed by atoms with E-state index >= 15 is 0 Å². The Hall–Kier alpha value is 0.610. The van der Waals surface area contributed by atoms with Gasteiger partial charge in [-0.15, -0.1) is 0 Å². The summed E-state index contributed by atoms with van der Waals surface area (Å²) in [5.41, 5.74) is 2.77. The van der Waals surface area contributed by atoms with Crippen LogP contribution in [0.25, 0.3) is 0 Å². The van der Waals surface area contributed by atoms with Crippen molar-refractivity contribution in [3.63, 3.8) is 0 Å². The first-order valence-electron chi connectivity index (χ1n) is 4.27. The minimum Gasteiger partial charge on any atom is -0.460 e. The van der Waals surface area contributed by atoms with Crippen molar-refractivity contribution < 1.29 is 4.74 Å². The molecular formula is C10H14I2O. The van der Waals surface area contributed by atoms with Gasteiger partial charge in [0.15, 0.2) is 0 Å². The normalized spacial score (nSPS) is 19.4. The highest BCUT2D eigenvalue weighted by Crippen LogP contribution is 2.26. The van der Waals surface area contributed by atoms with Gasteiger partial charge in [-0.25, -0.2) is 0 Å². The van der Waals surface area contributed by atoms with E-state index in [2.05, 4.69) is 45.5 Å². The van der Waals surface area contributed by atoms with Gasteiger partial charge in [-0.05, 0) is 68.1 Å². The smallest absolute Gasteiger partial charge is 0.138 e. The zero-order valence-electron chi connectivity index (χ0n) is 8.16. The summed E-state index contributed by atoms with van der Waals surface area (Å²) in [4.78, 5) is 0. The van der Waals surface area contributed by atoms with Crippen molar-refractivity contribution >= 4 is 39.1 Å². The first kappa shape index (κ1) is 11.7. The predicted molar refractivity (Wildman–Crippen MR) is 75.5 cm³/mol. The molecule has 74 valence electrons. The Bertz CT molecular complexity index is 287. The first-order chi connectivity index (χ1) is 6.13. The van der Waals surface area contributed by atoms with E-state index in [0.29, 0.717) is 0 Å². The lowest BCUT2D eigenvalue weighted by atomic mass is 10.0. The van der Waals surface area contributed by atoms with Gasteiger partial charge >= 0.3 is 0 Å². The molecule has 0 saturated heterocycles. The van der Waals surface area contributed by atoms with Crippen molar-refractivity contribution in [1.82, 2.24) is 0 Å². The van der Waals surface area contributed by atoms with Crippen molar-refractivity contribution in [3.05, 3.63) is 23.0 Å². The molecule has 0 aromatic rings. The van der Waals surface area contributed by atoms with E-state index in [-0.39, 0.29) is 16.8 Å². The predicted octanol–water partition coefficient (Wildman–Crippen LogP) is 4.49. The molecule has 0 saturated carbocycles. The fourth-order valence-electron chi connectivity index (χ4n) is 1.35. The monoisotopic (exact) mass is 404 g/mol. The van der Waals surface area contributed by atoms with Crippen molar-refractivity contribution in [2.24, 2.45) is 0 Å². The second-order valence-corrected chi connectivity index (χ2v) is 7.90. The Balaban J connectivity index is 2.75. The van der Waals surface area contributed by atoms with Crippen LogP contribution in [0.3, 0.4) is 0 Å². The Morgan fingerprint density at radius 1 is 1.46 bits per heavy atom. The minimum absolute atomic E-state index is 0.0965. The molecule has 1 nitrogen and oxygen atoms in total. The topological polar surface area (TPSA) is 9.23 Å². The van der Waals surface area contributed by atoms with Gasteiger partial charge in [-0.1, -0.05) is 11.6 Å². The van der Waals surface area contributed by atoms with Crippen LogP contribution in [0.5, 0.6) is 0 Å². The highest BCUT2D eigenvalue weighted by atomic mass is 128. The van der Waals surface area contributed by atoms with Crippen LogP contribution < -0.4 is 0 Å². The van der Waals surface area contributed by atoms with Gasteiger partial charge in [-0.2, -0.15) is 0 Å². The van der Waals surface area contributed by atoms with Gasteiger partial charge in [0.1, 0.15) is 9.45 Å². The molecule has 0 N–H and O–H groups in total. The largest absolute Gasteiger partial charge is 0.460 e. The van der Waals surface area contributed by atoms with Gasteiger partial charge in [0.25, 0.3) is 0 Å². The third-order valence-electron chi connectivity index (χ3n) is 2.01. The van der Waals surface area contributed by atoms with Crippen LogP contribution in [-0.2, 0) is 4.74 Å². The summed E-state index contributed by atoms with van der Waals surface area (Å²) in [5.74, 6) is 1.18. The van der Waals surface area contributed by atoms with Gasteiger partial charge < -0.3 is 4.74 Å². The summed E-state index contributed by atoms with van der Waals surface area (Å²) in [6, 6.07) is 0. The molecule has 13 heavy (non-hydrogen) atoms. The Morgan fingerprint density at radius 2 is 2.15 bits per heavy atom. The van der Waals surface area contributed by atoms with Gasteiger partial charge in [0.2, 0.25) is 0 Å². The number of rotatable bonds is 2. The second kappa shape index (κ2) is 5.48. The van der Waals surface area contributed by atoms with Crippen molar-refractivity contribution in [2.75, 3.05) is 0 Å². The van der Waals surface area contributed by atoms with Crippen LogP contribution >= 0.6 is 35.4 Å². The molecule has 3 heteroatoms. The lowest BCUT2D eigenvalue weighted by Crippen LogP contribution is -2.03. The van der Waals surface area contributed by atoms with E-state index < -0.39 is 0 Å². The summed E-state index contributed by atoms with van der Waals surface area (Å²) < 4.78 is 7.00. The lowest BCUT2D eigenvalue weighted by Gasteiger charge is -2.16. The summed E-state index contributed by atoms with van der Waals surface area (Å²) in [6.45, 7) is 6.41. The highest BCUT2D eigenvalue weighted by Gasteiger charge is 2.09. The molecule has 0 bridgehead atoms. The number of hydrogen-bond acceptors (Lipinski definition) is 1. The molecule has 0 unspecified atom stereocenters. The molecule has 0 aromatic heterocycles. The standard InChI is InChI=1S/C10H14I2O/c1-7-4-5-10(8(2)6-7)13-9(3)12-11/h6H,4-5H2,1-3H3. The molecule has 0 amide bonds. The van der Waals surface area contributed by atoms with Crippen LogP contribution in [0.15, 0.2) is 23.0 Å². The second-order valence-electron chi connectivity index (χ2n) is 3.24. The van der Waals surface area contributed by atoms with Crippen LogP contribution in [0.4, 0.5) is 0 Å². The third-order valence-corrected chi connectivity index (χ3v) is 6.66. The van der Waals surface area contributed by atoms with Gasteiger partial charge in [-0.3, -0.25) is 0 Å². The van der Waals surface area contributed by atoms with Gasteiger partial charge in [0, 0.05) is 6.42 Å². The quantitative estimate of drug-likeness (QED) is 0.617. The molecule has 0 spiro atoms. The van der Waals surface area contributed by atoms with E-state index in [9.17, 15) is 0 Å². The molecular weight excluding hydrogens is 390 g/mol. The molecule has 0 radical (unpaired) electrons. The van der Waals surface area contributed by atoms with Crippen LogP contribution in [-0.4, -0.2) is 3.69 Å². The van der Waals surface area contributed by atoms with E-state index in [4.69, 9.17) is 4.74 Å². The van der Waals surface area contributed by atoms with Crippen molar-refractivity contribution in [3.8, 4) is 0 Å². The zero-order chi connectivity index (χ0) is 9.84. The number of halogens is 2. The molecule has 1 aliphatic rings. The van der Waals surface area contributed by atoms with Crippen molar-refractivity contribution in [2.45, 2.75) is 33.6 Å². The Kier molecular flexibility index (Phi) is 4.93. The average Bonchev–Trinajstić information content (AvgIpc) is 2.09. The minimum atomic E-state index is 0.0965.